The fraction of sp³-hybridized carbons (Fsp3) is 0.516. The van der Waals surface area contributed by atoms with Crippen molar-refractivity contribution in [2.24, 2.45) is 5.92 Å². The number of amides is 2. The molecule has 2 heterocycles. The summed E-state index contributed by atoms with van der Waals surface area (Å²) in [6.45, 7) is 6.93. The monoisotopic (exact) mass is 556 g/mol. The van der Waals surface area contributed by atoms with Crippen molar-refractivity contribution in [3.63, 3.8) is 0 Å². The Morgan fingerprint density at radius 2 is 1.85 bits per heavy atom. The van der Waals surface area contributed by atoms with Crippen molar-refractivity contribution in [2.75, 3.05) is 20.1 Å². The zero-order valence-corrected chi connectivity index (χ0v) is 23.8. The zero-order chi connectivity index (χ0) is 29.2. The van der Waals surface area contributed by atoms with E-state index in [1.165, 1.54) is 18.0 Å². The average Bonchev–Trinajstić information content (AvgIpc) is 3.23. The fourth-order valence-corrected chi connectivity index (χ4v) is 5.52. The van der Waals surface area contributed by atoms with E-state index in [1.807, 2.05) is 37.3 Å². The number of rotatable bonds is 7. The largest absolute Gasteiger partial charge is 0.489 e. The summed E-state index contributed by atoms with van der Waals surface area (Å²) in [6, 6.07) is 13.0. The van der Waals surface area contributed by atoms with Crippen molar-refractivity contribution in [2.45, 2.75) is 76.9 Å². The number of hydrogen-bond donors (Lipinski definition) is 1. The lowest BCUT2D eigenvalue weighted by atomic mass is 9.85. The van der Waals surface area contributed by atoms with Crippen LogP contribution in [0.2, 0.25) is 0 Å². The highest BCUT2D eigenvalue weighted by Crippen LogP contribution is 2.45. The molecule has 4 rings (SSSR count). The first-order valence-corrected chi connectivity index (χ1v) is 13.8. The van der Waals surface area contributed by atoms with Crippen molar-refractivity contribution in [3.8, 4) is 5.75 Å². The molecule has 0 bridgehead atoms. The number of ether oxygens (including phenoxy) is 2. The Bertz CT molecular complexity index is 1260. The van der Waals surface area contributed by atoms with E-state index in [4.69, 9.17) is 9.47 Å². The molecule has 9 heteroatoms. The standard InChI is InChI=1S/C31H38F2N2O5/c1-19-26(20-10-7-6-8-11-20)23-16-21(17-24(27(23)39-19)28(37)34-5)25(36)13-9-12-22-18-35(15-14-31(22,32)33)29(38)40-30(2,3)4/h6-8,10-11,16-17,19,22,26H,9,12-15,18H2,1-5H3,(H,34,37)/t19-,22?,26+/m1/s1. The van der Waals surface area contributed by atoms with Gasteiger partial charge in [0.25, 0.3) is 11.8 Å². The van der Waals surface area contributed by atoms with Crippen LogP contribution in [-0.4, -0.2) is 60.4 Å². The summed E-state index contributed by atoms with van der Waals surface area (Å²) in [6.07, 6.45) is -0.941. The van der Waals surface area contributed by atoms with Gasteiger partial charge in [-0.1, -0.05) is 30.3 Å². The predicted octanol–water partition coefficient (Wildman–Crippen LogP) is 6.20. The van der Waals surface area contributed by atoms with Crippen molar-refractivity contribution >= 4 is 17.8 Å². The highest BCUT2D eigenvalue weighted by molar-refractivity contribution is 6.03. The molecule has 2 aromatic rings. The number of nitrogens with zero attached hydrogens (tertiary/aromatic N) is 1. The van der Waals surface area contributed by atoms with Crippen LogP contribution in [0.5, 0.6) is 5.75 Å². The van der Waals surface area contributed by atoms with Gasteiger partial charge in [-0.2, -0.15) is 0 Å². The van der Waals surface area contributed by atoms with Gasteiger partial charge in [0.2, 0.25) is 0 Å². The van der Waals surface area contributed by atoms with Crippen LogP contribution in [0.15, 0.2) is 42.5 Å². The van der Waals surface area contributed by atoms with Gasteiger partial charge in [-0.3, -0.25) is 9.59 Å². The minimum atomic E-state index is -2.93. The van der Waals surface area contributed by atoms with Crippen LogP contribution < -0.4 is 10.1 Å². The van der Waals surface area contributed by atoms with Crippen molar-refractivity contribution in [1.29, 1.82) is 0 Å². The Morgan fingerprint density at radius 3 is 2.50 bits per heavy atom. The van der Waals surface area contributed by atoms with Gasteiger partial charge >= 0.3 is 6.09 Å². The third-order valence-corrected chi connectivity index (χ3v) is 7.54. The first kappa shape index (κ1) is 29.5. The Hall–Kier alpha value is -3.49. The maximum atomic E-state index is 14.7. The van der Waals surface area contributed by atoms with Gasteiger partial charge in [0.15, 0.2) is 5.78 Å². The second-order valence-corrected chi connectivity index (χ2v) is 11.7. The molecule has 1 fully saturated rings. The molecule has 2 aliphatic rings. The van der Waals surface area contributed by atoms with Gasteiger partial charge in [-0.05, 0) is 58.2 Å². The summed E-state index contributed by atoms with van der Waals surface area (Å²) >= 11 is 0. The summed E-state index contributed by atoms with van der Waals surface area (Å²) in [5.74, 6) is -4.30. The number of ketones is 1. The number of nitrogens with one attached hydrogen (secondary N) is 1. The van der Waals surface area contributed by atoms with E-state index < -0.39 is 30.0 Å². The number of likely N-dealkylation sites (tertiary alicyclic amines) is 1. The molecule has 0 radical (unpaired) electrons. The van der Waals surface area contributed by atoms with Gasteiger partial charge in [0.05, 0.1) is 5.56 Å². The quantitative estimate of drug-likeness (QED) is 0.410. The molecule has 40 heavy (non-hydrogen) atoms. The minimum Gasteiger partial charge on any atom is -0.489 e. The molecule has 1 saturated heterocycles. The molecule has 3 atom stereocenters. The van der Waals surface area contributed by atoms with E-state index in [9.17, 15) is 23.2 Å². The maximum absolute atomic E-state index is 14.7. The van der Waals surface area contributed by atoms with Crippen molar-refractivity contribution in [3.05, 3.63) is 64.7 Å². The minimum absolute atomic E-state index is 0.0391. The second kappa shape index (κ2) is 11.6. The fourth-order valence-electron chi connectivity index (χ4n) is 5.52. The van der Waals surface area contributed by atoms with Gasteiger partial charge in [-0.15, -0.1) is 0 Å². The van der Waals surface area contributed by atoms with Crippen LogP contribution in [0.3, 0.4) is 0 Å². The number of hydrogen-bond acceptors (Lipinski definition) is 5. The number of piperidine rings is 1. The van der Waals surface area contributed by atoms with E-state index in [0.717, 1.165) is 11.1 Å². The number of halogens is 2. The lowest BCUT2D eigenvalue weighted by molar-refractivity contribution is -0.107. The van der Waals surface area contributed by atoms with Gasteiger partial charge in [-0.25, -0.2) is 13.6 Å². The molecule has 0 aromatic heterocycles. The van der Waals surface area contributed by atoms with E-state index in [2.05, 4.69) is 5.32 Å². The number of fused-ring (bicyclic) bond motifs is 1. The first-order valence-electron chi connectivity index (χ1n) is 13.8. The average molecular weight is 557 g/mol. The third kappa shape index (κ3) is 6.45. The van der Waals surface area contributed by atoms with E-state index in [0.29, 0.717) is 11.3 Å². The molecular weight excluding hydrogens is 518 g/mol. The predicted molar refractivity (Wildman–Crippen MR) is 147 cm³/mol. The van der Waals surface area contributed by atoms with Crippen molar-refractivity contribution in [1.82, 2.24) is 10.2 Å². The number of alkyl halides is 2. The van der Waals surface area contributed by atoms with Crippen LogP contribution in [0.4, 0.5) is 13.6 Å². The van der Waals surface area contributed by atoms with Gasteiger partial charge < -0.3 is 19.7 Å². The molecule has 1 unspecified atom stereocenters. The number of carbonyl (C=O) groups is 3. The molecule has 216 valence electrons. The molecule has 0 spiro atoms. The topological polar surface area (TPSA) is 84.9 Å². The zero-order valence-electron chi connectivity index (χ0n) is 23.8. The molecule has 2 aliphatic heterocycles. The van der Waals surface area contributed by atoms with E-state index in [1.54, 1.807) is 26.8 Å². The first-order chi connectivity index (χ1) is 18.8. The highest BCUT2D eigenvalue weighted by Gasteiger charge is 2.45. The summed E-state index contributed by atoms with van der Waals surface area (Å²) in [5, 5.41) is 2.61. The molecule has 1 N–H and O–H groups in total. The third-order valence-electron chi connectivity index (χ3n) is 7.54. The molecule has 2 amide bonds. The van der Waals surface area contributed by atoms with Crippen LogP contribution >= 0.6 is 0 Å². The molecule has 7 nitrogen and oxygen atoms in total. The Morgan fingerprint density at radius 1 is 1.15 bits per heavy atom. The van der Waals surface area contributed by atoms with Gasteiger partial charge in [0, 0.05) is 55.9 Å². The summed E-state index contributed by atoms with van der Waals surface area (Å²) in [5.41, 5.74) is 1.68. The molecular formula is C31H38F2N2O5. The van der Waals surface area contributed by atoms with Crippen LogP contribution in [0, 0.1) is 5.92 Å². The molecule has 0 aliphatic carbocycles. The van der Waals surface area contributed by atoms with Crippen molar-refractivity contribution < 1.29 is 32.6 Å². The summed E-state index contributed by atoms with van der Waals surface area (Å²) in [7, 11) is 1.52. The number of Topliss-reactive ketones (excluding diaryl/α,β-unsaturated/α-hetero) is 1. The van der Waals surface area contributed by atoms with Crippen LogP contribution in [0.1, 0.15) is 91.1 Å². The SMILES string of the molecule is CNC(=O)c1cc(C(=O)CCCC2CN(C(=O)OC(C)(C)C)CCC2(F)F)cc2c1O[C@H](C)[C@H]2c1ccccc1. The molecule has 2 aromatic carbocycles. The Labute approximate surface area is 234 Å². The Balaban J connectivity index is 1.50. The maximum Gasteiger partial charge on any atom is 0.410 e. The summed E-state index contributed by atoms with van der Waals surface area (Å²) in [4.78, 5) is 39.8. The van der Waals surface area contributed by atoms with Gasteiger partial charge in [0.1, 0.15) is 17.5 Å². The summed E-state index contributed by atoms with van der Waals surface area (Å²) < 4.78 is 41.0. The highest BCUT2D eigenvalue weighted by atomic mass is 19.3. The smallest absolute Gasteiger partial charge is 0.410 e. The number of carbonyl (C=O) groups excluding carboxylic acids is 3. The van der Waals surface area contributed by atoms with Crippen LogP contribution in [-0.2, 0) is 4.74 Å². The van der Waals surface area contributed by atoms with Crippen LogP contribution in [0.25, 0.3) is 0 Å². The second-order valence-electron chi connectivity index (χ2n) is 11.7. The normalized spacial score (nSPS) is 21.8. The lowest BCUT2D eigenvalue weighted by Gasteiger charge is -2.38. The lowest BCUT2D eigenvalue weighted by Crippen LogP contribution is -2.50. The van der Waals surface area contributed by atoms with E-state index >= 15 is 0 Å². The van der Waals surface area contributed by atoms with E-state index in [-0.39, 0.29) is 61.6 Å². The molecule has 0 saturated carbocycles. The Kier molecular flexibility index (Phi) is 8.52. The number of benzene rings is 2.